The molecule has 1 fully saturated rings. The Balaban J connectivity index is 1.87. The van der Waals surface area contributed by atoms with Crippen molar-refractivity contribution in [3.63, 3.8) is 0 Å². The van der Waals surface area contributed by atoms with Gasteiger partial charge in [0.1, 0.15) is 5.00 Å². The summed E-state index contributed by atoms with van der Waals surface area (Å²) in [5, 5.41) is 5.72. The van der Waals surface area contributed by atoms with E-state index < -0.39 is 12.0 Å². The molecule has 6 nitrogen and oxygen atoms in total. The summed E-state index contributed by atoms with van der Waals surface area (Å²) < 4.78 is 4.79. The molecule has 2 aliphatic carbocycles. The molecule has 0 spiro atoms. The summed E-state index contributed by atoms with van der Waals surface area (Å²) in [5.41, 5.74) is 1.40. The zero-order valence-corrected chi connectivity index (χ0v) is 14.8. The van der Waals surface area contributed by atoms with E-state index in [0.717, 1.165) is 42.5 Å². The van der Waals surface area contributed by atoms with Crippen molar-refractivity contribution in [2.45, 2.75) is 46.0 Å². The molecule has 1 aromatic rings. The number of ether oxygens (including phenoxy) is 1. The molecule has 0 aliphatic heterocycles. The molecule has 24 heavy (non-hydrogen) atoms. The van der Waals surface area contributed by atoms with E-state index in [0.29, 0.717) is 16.5 Å². The Labute approximate surface area is 145 Å². The third-order valence-corrected chi connectivity index (χ3v) is 5.58. The number of thiophene rings is 1. The van der Waals surface area contributed by atoms with Crippen LogP contribution in [0, 0.1) is 11.8 Å². The molecular weight excluding hydrogens is 328 g/mol. The Kier molecular flexibility index (Phi) is 4.89. The van der Waals surface area contributed by atoms with Gasteiger partial charge in [-0.05, 0) is 50.5 Å². The first kappa shape index (κ1) is 17.0. The van der Waals surface area contributed by atoms with Crippen LogP contribution in [-0.4, -0.2) is 24.5 Å². The van der Waals surface area contributed by atoms with Crippen LogP contribution < -0.4 is 10.6 Å². The van der Waals surface area contributed by atoms with Crippen molar-refractivity contribution >= 4 is 34.2 Å². The standard InChI is InChI=1S/C17H22N2O4S/c1-3-23-17(22)19-15(21)13-11-7-4-9(2)8-12(11)24-16(13)18-14(20)10-5-6-10/h9-10H,3-8H2,1-2H3,(H,18,20)(H,19,21,22)/t9-/m0/s1. The van der Waals surface area contributed by atoms with E-state index in [1.54, 1.807) is 6.92 Å². The lowest BCUT2D eigenvalue weighted by Crippen LogP contribution is -2.32. The Hall–Kier alpha value is -1.89. The van der Waals surface area contributed by atoms with Gasteiger partial charge in [0.05, 0.1) is 12.2 Å². The quantitative estimate of drug-likeness (QED) is 0.874. The van der Waals surface area contributed by atoms with E-state index in [2.05, 4.69) is 17.6 Å². The van der Waals surface area contributed by atoms with Gasteiger partial charge in [-0.25, -0.2) is 4.79 Å². The van der Waals surface area contributed by atoms with Crippen molar-refractivity contribution in [1.29, 1.82) is 0 Å². The number of hydrogen-bond donors (Lipinski definition) is 2. The Morgan fingerprint density at radius 3 is 2.67 bits per heavy atom. The zero-order valence-electron chi connectivity index (χ0n) is 13.9. The number of amides is 3. The Bertz CT molecular complexity index is 678. The molecule has 0 saturated heterocycles. The van der Waals surface area contributed by atoms with Crippen LogP contribution in [0.3, 0.4) is 0 Å². The SMILES string of the molecule is CCOC(=O)NC(=O)c1c(NC(=O)C2CC2)sc2c1CC[C@H](C)C2. The van der Waals surface area contributed by atoms with E-state index in [1.807, 2.05) is 0 Å². The Morgan fingerprint density at radius 1 is 1.25 bits per heavy atom. The van der Waals surface area contributed by atoms with Gasteiger partial charge in [-0.15, -0.1) is 11.3 Å². The first-order valence-corrected chi connectivity index (χ1v) is 9.24. The monoisotopic (exact) mass is 350 g/mol. The molecule has 1 aromatic heterocycles. The summed E-state index contributed by atoms with van der Waals surface area (Å²) in [6.07, 6.45) is 3.73. The number of anilines is 1. The fourth-order valence-electron chi connectivity index (χ4n) is 2.96. The van der Waals surface area contributed by atoms with E-state index in [-0.39, 0.29) is 18.4 Å². The summed E-state index contributed by atoms with van der Waals surface area (Å²) in [7, 11) is 0. The minimum absolute atomic E-state index is 0.0353. The fourth-order valence-corrected chi connectivity index (χ4v) is 4.37. The molecule has 2 aliphatic rings. The normalized spacial score (nSPS) is 19.3. The van der Waals surface area contributed by atoms with Gasteiger partial charge >= 0.3 is 6.09 Å². The van der Waals surface area contributed by atoms with Crippen LogP contribution >= 0.6 is 11.3 Å². The number of carbonyl (C=O) groups excluding carboxylic acids is 3. The third kappa shape index (κ3) is 3.61. The van der Waals surface area contributed by atoms with Crippen LogP contribution in [0.15, 0.2) is 0 Å². The van der Waals surface area contributed by atoms with Crippen LogP contribution in [0.5, 0.6) is 0 Å². The smallest absolute Gasteiger partial charge is 0.414 e. The lowest BCUT2D eigenvalue weighted by Gasteiger charge is -2.18. The summed E-state index contributed by atoms with van der Waals surface area (Å²) >= 11 is 1.46. The number of carbonyl (C=O) groups is 3. The second-order valence-corrected chi connectivity index (χ2v) is 7.60. The molecule has 1 saturated carbocycles. The average molecular weight is 350 g/mol. The van der Waals surface area contributed by atoms with E-state index in [1.165, 1.54) is 11.3 Å². The molecule has 0 unspecified atom stereocenters. The summed E-state index contributed by atoms with van der Waals surface area (Å²) in [6, 6.07) is 0. The second-order valence-electron chi connectivity index (χ2n) is 6.49. The first-order chi connectivity index (χ1) is 11.5. The van der Waals surface area contributed by atoms with Gasteiger partial charge < -0.3 is 10.1 Å². The van der Waals surface area contributed by atoms with Gasteiger partial charge in [0.15, 0.2) is 0 Å². The molecule has 3 amide bonds. The largest absolute Gasteiger partial charge is 0.450 e. The molecule has 130 valence electrons. The summed E-state index contributed by atoms with van der Waals surface area (Å²) in [6.45, 7) is 4.06. The first-order valence-electron chi connectivity index (χ1n) is 8.43. The van der Waals surface area contributed by atoms with Crippen molar-refractivity contribution < 1.29 is 19.1 Å². The van der Waals surface area contributed by atoms with Gasteiger partial charge in [-0.2, -0.15) is 0 Å². The maximum atomic E-state index is 12.6. The minimum Gasteiger partial charge on any atom is -0.450 e. The highest BCUT2D eigenvalue weighted by molar-refractivity contribution is 7.17. The number of alkyl carbamates (subject to hydrolysis) is 1. The highest BCUT2D eigenvalue weighted by Crippen LogP contribution is 2.40. The maximum absolute atomic E-state index is 12.6. The lowest BCUT2D eigenvalue weighted by atomic mass is 9.88. The number of fused-ring (bicyclic) bond motifs is 1. The molecule has 0 radical (unpaired) electrons. The average Bonchev–Trinajstić information content (AvgIpc) is 3.29. The molecule has 7 heteroatoms. The predicted molar refractivity (Wildman–Crippen MR) is 91.3 cm³/mol. The summed E-state index contributed by atoms with van der Waals surface area (Å²) in [4.78, 5) is 37.4. The van der Waals surface area contributed by atoms with Gasteiger partial charge in [0, 0.05) is 10.8 Å². The molecular formula is C17H22N2O4S. The van der Waals surface area contributed by atoms with Crippen molar-refractivity contribution in [3.8, 4) is 0 Å². The Morgan fingerprint density at radius 2 is 2.00 bits per heavy atom. The molecule has 3 rings (SSSR count). The molecule has 0 bridgehead atoms. The van der Waals surface area contributed by atoms with E-state index >= 15 is 0 Å². The van der Waals surface area contributed by atoms with E-state index in [4.69, 9.17) is 4.74 Å². The van der Waals surface area contributed by atoms with Crippen LogP contribution in [0.25, 0.3) is 0 Å². The molecule has 2 N–H and O–H groups in total. The zero-order chi connectivity index (χ0) is 17.3. The molecule has 1 heterocycles. The molecule has 0 aromatic carbocycles. The predicted octanol–water partition coefficient (Wildman–Crippen LogP) is 3.11. The van der Waals surface area contributed by atoms with Gasteiger partial charge in [0.25, 0.3) is 5.91 Å². The van der Waals surface area contributed by atoms with Crippen LogP contribution in [-0.2, 0) is 22.4 Å². The van der Waals surface area contributed by atoms with Crippen molar-refractivity contribution in [3.05, 3.63) is 16.0 Å². The highest BCUT2D eigenvalue weighted by Gasteiger charge is 2.33. The van der Waals surface area contributed by atoms with Crippen LogP contribution in [0.1, 0.15) is 53.9 Å². The maximum Gasteiger partial charge on any atom is 0.414 e. The highest BCUT2D eigenvalue weighted by atomic mass is 32.1. The van der Waals surface area contributed by atoms with Crippen molar-refractivity contribution in [1.82, 2.24) is 5.32 Å². The van der Waals surface area contributed by atoms with Gasteiger partial charge in [-0.3, -0.25) is 14.9 Å². The minimum atomic E-state index is -0.758. The third-order valence-electron chi connectivity index (χ3n) is 4.41. The van der Waals surface area contributed by atoms with Crippen molar-refractivity contribution in [2.24, 2.45) is 11.8 Å². The number of hydrogen-bond acceptors (Lipinski definition) is 5. The van der Waals surface area contributed by atoms with E-state index in [9.17, 15) is 14.4 Å². The number of imide groups is 1. The number of nitrogens with one attached hydrogen (secondary N) is 2. The van der Waals surface area contributed by atoms with Gasteiger partial charge in [0.2, 0.25) is 5.91 Å². The van der Waals surface area contributed by atoms with Crippen LogP contribution in [0.2, 0.25) is 0 Å². The fraction of sp³-hybridized carbons (Fsp3) is 0.588. The topological polar surface area (TPSA) is 84.5 Å². The van der Waals surface area contributed by atoms with Crippen molar-refractivity contribution in [2.75, 3.05) is 11.9 Å². The summed E-state index contributed by atoms with van der Waals surface area (Å²) in [5.74, 6) is 0.0894. The van der Waals surface area contributed by atoms with Crippen LogP contribution in [0.4, 0.5) is 9.80 Å². The lowest BCUT2D eigenvalue weighted by molar-refractivity contribution is -0.117. The van der Waals surface area contributed by atoms with Gasteiger partial charge in [-0.1, -0.05) is 6.92 Å². The molecule has 1 atom stereocenters. The number of rotatable bonds is 4. The second kappa shape index (κ2) is 6.93.